The van der Waals surface area contributed by atoms with Gasteiger partial charge < -0.3 is 16.4 Å². The number of nitrogens with two attached hydrogens (primary N) is 1. The molecule has 2 aromatic rings. The van der Waals surface area contributed by atoms with Gasteiger partial charge in [-0.25, -0.2) is 0 Å². The molecule has 0 unspecified atom stereocenters. The lowest BCUT2D eigenvalue weighted by atomic mass is 10.4. The lowest BCUT2D eigenvalue weighted by Crippen LogP contribution is -2.05. The number of anilines is 4. The molecule has 0 aliphatic carbocycles. The van der Waals surface area contributed by atoms with Crippen molar-refractivity contribution in [3.63, 3.8) is 0 Å². The van der Waals surface area contributed by atoms with Gasteiger partial charge >= 0.3 is 0 Å². The first-order valence-electron chi connectivity index (χ1n) is 5.74. The van der Waals surface area contributed by atoms with Gasteiger partial charge in [-0.3, -0.25) is 4.68 Å². The predicted molar refractivity (Wildman–Crippen MR) is 71.8 cm³/mol. The number of rotatable bonds is 4. The third kappa shape index (κ3) is 2.68. The third-order valence-corrected chi connectivity index (χ3v) is 2.38. The highest BCUT2D eigenvalue weighted by atomic mass is 15.3. The highest BCUT2D eigenvalue weighted by Crippen LogP contribution is 2.20. The average molecular weight is 247 g/mol. The van der Waals surface area contributed by atoms with E-state index in [4.69, 9.17) is 5.73 Å². The summed E-state index contributed by atoms with van der Waals surface area (Å²) in [6, 6.07) is 1.81. The van der Waals surface area contributed by atoms with Gasteiger partial charge in [0.05, 0.1) is 11.4 Å². The number of hydrogen-bond donors (Lipinski definition) is 3. The largest absolute Gasteiger partial charge is 0.370 e. The lowest BCUT2D eigenvalue weighted by molar-refractivity contribution is 0.756. The molecule has 4 N–H and O–H groups in total. The van der Waals surface area contributed by atoms with E-state index in [9.17, 15) is 0 Å². The second-order valence-corrected chi connectivity index (χ2v) is 3.95. The molecule has 0 bridgehead atoms. The fourth-order valence-electron chi connectivity index (χ4n) is 1.66. The smallest absolute Gasteiger partial charge is 0.223 e. The highest BCUT2D eigenvalue weighted by molar-refractivity contribution is 5.61. The van der Waals surface area contributed by atoms with Gasteiger partial charge in [-0.1, -0.05) is 0 Å². The molecule has 7 heteroatoms. The molecule has 0 aliphatic heterocycles. The maximum atomic E-state index is 5.66. The zero-order valence-electron chi connectivity index (χ0n) is 10.7. The van der Waals surface area contributed by atoms with E-state index in [2.05, 4.69) is 25.7 Å². The standard InChI is InChI=1S/C11H17N7/c1-4-13-9-5-10(16-11(12)15-9)14-8-6-18(3)17-7(8)2/h5-6H,4H2,1-3H3,(H4,12,13,14,15,16). The van der Waals surface area contributed by atoms with Crippen LogP contribution in [0.1, 0.15) is 12.6 Å². The Balaban J connectivity index is 2.25. The molecule has 0 radical (unpaired) electrons. The molecule has 0 amide bonds. The van der Waals surface area contributed by atoms with E-state index in [-0.39, 0.29) is 5.95 Å². The van der Waals surface area contributed by atoms with Crippen LogP contribution in [0, 0.1) is 6.92 Å². The summed E-state index contributed by atoms with van der Waals surface area (Å²) in [6.45, 7) is 4.70. The zero-order chi connectivity index (χ0) is 13.1. The maximum absolute atomic E-state index is 5.66. The molecule has 0 saturated carbocycles. The Kier molecular flexibility index (Phi) is 3.31. The minimum Gasteiger partial charge on any atom is -0.370 e. The van der Waals surface area contributed by atoms with Crippen molar-refractivity contribution >= 4 is 23.3 Å². The molecule has 0 aliphatic rings. The fraction of sp³-hybridized carbons (Fsp3) is 0.364. The van der Waals surface area contributed by atoms with Crippen LogP contribution in [0.4, 0.5) is 23.3 Å². The number of aromatic nitrogens is 4. The first kappa shape index (κ1) is 12.2. The summed E-state index contributed by atoms with van der Waals surface area (Å²) in [5.74, 6) is 1.58. The quantitative estimate of drug-likeness (QED) is 0.753. The topological polar surface area (TPSA) is 93.7 Å². The number of nitrogen functional groups attached to an aromatic ring is 1. The Morgan fingerprint density at radius 3 is 2.67 bits per heavy atom. The first-order chi connectivity index (χ1) is 8.58. The summed E-state index contributed by atoms with van der Waals surface area (Å²) in [5, 5.41) is 10.5. The first-order valence-corrected chi connectivity index (χ1v) is 5.74. The van der Waals surface area contributed by atoms with Crippen LogP contribution >= 0.6 is 0 Å². The molecule has 0 saturated heterocycles. The third-order valence-electron chi connectivity index (χ3n) is 2.38. The Bertz CT molecular complexity index is 546. The van der Waals surface area contributed by atoms with Gasteiger partial charge in [-0.05, 0) is 13.8 Å². The van der Waals surface area contributed by atoms with E-state index in [0.717, 1.165) is 17.9 Å². The molecule has 0 fully saturated rings. The summed E-state index contributed by atoms with van der Waals surface area (Å²) < 4.78 is 1.74. The molecule has 7 nitrogen and oxygen atoms in total. The number of nitrogens with one attached hydrogen (secondary N) is 2. The number of nitrogens with zero attached hydrogens (tertiary/aromatic N) is 4. The van der Waals surface area contributed by atoms with Gasteiger partial charge in [0.2, 0.25) is 5.95 Å². The van der Waals surface area contributed by atoms with Crippen molar-refractivity contribution in [3.05, 3.63) is 18.0 Å². The Labute approximate surface area is 105 Å². The summed E-state index contributed by atoms with van der Waals surface area (Å²) >= 11 is 0. The van der Waals surface area contributed by atoms with Crippen molar-refractivity contribution in [1.29, 1.82) is 0 Å². The second-order valence-electron chi connectivity index (χ2n) is 3.95. The lowest BCUT2D eigenvalue weighted by Gasteiger charge is -2.08. The van der Waals surface area contributed by atoms with E-state index < -0.39 is 0 Å². The minimum absolute atomic E-state index is 0.234. The van der Waals surface area contributed by atoms with Crippen molar-refractivity contribution in [2.75, 3.05) is 22.9 Å². The van der Waals surface area contributed by atoms with Crippen LogP contribution in [0.25, 0.3) is 0 Å². The summed E-state index contributed by atoms with van der Waals surface area (Å²) in [5.41, 5.74) is 7.47. The molecule has 2 rings (SSSR count). The monoisotopic (exact) mass is 247 g/mol. The minimum atomic E-state index is 0.234. The summed E-state index contributed by atoms with van der Waals surface area (Å²) in [4.78, 5) is 8.23. The maximum Gasteiger partial charge on any atom is 0.223 e. The molecule has 2 aromatic heterocycles. The van der Waals surface area contributed by atoms with Gasteiger partial charge in [-0.15, -0.1) is 0 Å². The van der Waals surface area contributed by atoms with Gasteiger partial charge in [0.15, 0.2) is 0 Å². The number of aryl methyl sites for hydroxylation is 2. The normalized spacial score (nSPS) is 10.4. The van der Waals surface area contributed by atoms with Crippen molar-refractivity contribution in [1.82, 2.24) is 19.7 Å². The van der Waals surface area contributed by atoms with Crippen LogP contribution in [-0.2, 0) is 7.05 Å². The fourth-order valence-corrected chi connectivity index (χ4v) is 1.66. The molecule has 96 valence electrons. The van der Waals surface area contributed by atoms with E-state index >= 15 is 0 Å². The molecule has 2 heterocycles. The van der Waals surface area contributed by atoms with E-state index in [1.807, 2.05) is 33.2 Å². The van der Waals surface area contributed by atoms with E-state index in [1.54, 1.807) is 4.68 Å². The second kappa shape index (κ2) is 4.91. The Morgan fingerprint density at radius 2 is 2.06 bits per heavy atom. The van der Waals surface area contributed by atoms with Crippen molar-refractivity contribution in [2.24, 2.45) is 7.05 Å². The molecule has 0 aromatic carbocycles. The molecular formula is C11H17N7. The summed E-state index contributed by atoms with van der Waals surface area (Å²) in [6.07, 6.45) is 1.89. The van der Waals surface area contributed by atoms with Crippen molar-refractivity contribution in [3.8, 4) is 0 Å². The molecule has 0 spiro atoms. The van der Waals surface area contributed by atoms with Crippen LogP contribution in [0.3, 0.4) is 0 Å². The van der Waals surface area contributed by atoms with Gasteiger partial charge in [0.1, 0.15) is 11.6 Å². The molecule has 0 atom stereocenters. The molecule has 18 heavy (non-hydrogen) atoms. The predicted octanol–water partition coefficient (Wildman–Crippen LogP) is 1.28. The van der Waals surface area contributed by atoms with E-state index in [1.165, 1.54) is 0 Å². The molecular weight excluding hydrogens is 230 g/mol. The SMILES string of the molecule is CCNc1cc(Nc2cn(C)nc2C)nc(N)n1. The average Bonchev–Trinajstić information content (AvgIpc) is 2.57. The van der Waals surface area contributed by atoms with Crippen LogP contribution in [0.5, 0.6) is 0 Å². The Morgan fingerprint density at radius 1 is 1.33 bits per heavy atom. The van der Waals surface area contributed by atoms with E-state index in [0.29, 0.717) is 11.6 Å². The van der Waals surface area contributed by atoms with Gasteiger partial charge in [-0.2, -0.15) is 15.1 Å². The van der Waals surface area contributed by atoms with Crippen molar-refractivity contribution < 1.29 is 0 Å². The van der Waals surface area contributed by atoms with Crippen molar-refractivity contribution in [2.45, 2.75) is 13.8 Å². The van der Waals surface area contributed by atoms with Crippen LogP contribution in [0.2, 0.25) is 0 Å². The highest BCUT2D eigenvalue weighted by Gasteiger charge is 2.06. The van der Waals surface area contributed by atoms with Gasteiger partial charge in [0.25, 0.3) is 0 Å². The number of hydrogen-bond acceptors (Lipinski definition) is 6. The zero-order valence-corrected chi connectivity index (χ0v) is 10.7. The van der Waals surface area contributed by atoms with Crippen LogP contribution in [0.15, 0.2) is 12.3 Å². The van der Waals surface area contributed by atoms with Gasteiger partial charge in [0, 0.05) is 25.9 Å². The van der Waals surface area contributed by atoms with Crippen LogP contribution in [-0.4, -0.2) is 26.3 Å². The Hall–Kier alpha value is -2.31. The van der Waals surface area contributed by atoms with Crippen LogP contribution < -0.4 is 16.4 Å². The summed E-state index contributed by atoms with van der Waals surface area (Å²) in [7, 11) is 1.87.